The van der Waals surface area contributed by atoms with Crippen LogP contribution in [0.25, 0.3) is 10.9 Å². The van der Waals surface area contributed by atoms with Gasteiger partial charge in [-0.05, 0) is 18.2 Å². The van der Waals surface area contributed by atoms with Crippen molar-refractivity contribution >= 4 is 34.2 Å². The first-order valence-corrected chi connectivity index (χ1v) is 11.0. The lowest BCUT2D eigenvalue weighted by molar-refractivity contribution is -0.127. The second-order valence-electron chi connectivity index (χ2n) is 7.66. The summed E-state index contributed by atoms with van der Waals surface area (Å²) in [5.41, 5.74) is 1.09. The summed E-state index contributed by atoms with van der Waals surface area (Å²) in [5, 5.41) is 3.96. The number of halogens is 2. The highest BCUT2D eigenvalue weighted by Crippen LogP contribution is 2.35. The predicted molar refractivity (Wildman–Crippen MR) is 125 cm³/mol. The normalized spacial score (nSPS) is 14.2. The van der Waals surface area contributed by atoms with E-state index in [1.54, 1.807) is 30.2 Å². The Kier molecular flexibility index (Phi) is 6.93. The van der Waals surface area contributed by atoms with Gasteiger partial charge in [0, 0.05) is 49.5 Å². The summed E-state index contributed by atoms with van der Waals surface area (Å²) in [7, 11) is 1.57. The lowest BCUT2D eigenvalue weighted by atomic mass is 10.1. The van der Waals surface area contributed by atoms with Crippen molar-refractivity contribution in [2.75, 3.05) is 25.5 Å². The summed E-state index contributed by atoms with van der Waals surface area (Å²) in [5.74, 6) is 1.12. The molecule has 0 atom stereocenters. The molecule has 4 rings (SSSR count). The molecule has 0 radical (unpaired) electrons. The van der Waals surface area contributed by atoms with Crippen molar-refractivity contribution in [2.24, 2.45) is 0 Å². The van der Waals surface area contributed by atoms with Crippen molar-refractivity contribution in [3.8, 4) is 11.5 Å². The van der Waals surface area contributed by atoms with Gasteiger partial charge in [-0.3, -0.25) is 4.79 Å². The predicted octanol–water partition coefficient (Wildman–Crippen LogP) is 4.60. The number of rotatable bonds is 7. The maximum absolute atomic E-state index is 14.3. The first-order chi connectivity index (χ1) is 16.0. The molecule has 1 amide bonds. The van der Waals surface area contributed by atoms with E-state index in [2.05, 4.69) is 21.9 Å². The van der Waals surface area contributed by atoms with Gasteiger partial charge in [-0.15, -0.1) is 0 Å². The van der Waals surface area contributed by atoms with Gasteiger partial charge in [-0.1, -0.05) is 30.3 Å². The molecule has 1 saturated heterocycles. The van der Waals surface area contributed by atoms with Crippen molar-refractivity contribution < 1.29 is 18.7 Å². The molecule has 33 heavy (non-hydrogen) atoms. The van der Waals surface area contributed by atoms with Crippen molar-refractivity contribution in [3.63, 3.8) is 0 Å². The number of hydrogen-bond acceptors (Lipinski definition) is 6. The molecule has 0 unspecified atom stereocenters. The zero-order valence-corrected chi connectivity index (χ0v) is 18.9. The number of nitrogens with one attached hydrogen (secondary N) is 1. The van der Waals surface area contributed by atoms with Crippen LogP contribution in [-0.2, 0) is 11.3 Å². The zero-order valence-electron chi connectivity index (χ0n) is 18.2. The van der Waals surface area contributed by atoms with Gasteiger partial charge in [0.05, 0.1) is 17.6 Å². The molecule has 0 aliphatic carbocycles. The summed E-state index contributed by atoms with van der Waals surface area (Å²) in [6.07, 6.45) is 4.10. The Morgan fingerprint density at radius 3 is 2.82 bits per heavy atom. The maximum atomic E-state index is 14.3. The van der Waals surface area contributed by atoms with E-state index in [1.807, 2.05) is 6.07 Å². The highest BCUT2D eigenvalue weighted by molar-refractivity contribution is 6.30. The van der Waals surface area contributed by atoms with Gasteiger partial charge in [-0.2, -0.15) is 0 Å². The van der Waals surface area contributed by atoms with E-state index in [1.165, 1.54) is 18.5 Å². The van der Waals surface area contributed by atoms with E-state index < -0.39 is 5.82 Å². The molecule has 0 spiro atoms. The second kappa shape index (κ2) is 10.0. The maximum Gasteiger partial charge on any atom is 0.245 e. The van der Waals surface area contributed by atoms with Crippen LogP contribution in [0, 0.1) is 5.82 Å². The zero-order chi connectivity index (χ0) is 23.4. The van der Waals surface area contributed by atoms with Crippen LogP contribution in [0.4, 0.5) is 10.2 Å². The molecule has 172 valence electrons. The SMILES string of the molecule is C=CC(=O)N1CCC(Oc2cc3c(NCc4cccc(Cl)c4F)ncnc3cc2OC)CC1. The summed E-state index contributed by atoms with van der Waals surface area (Å²) >= 11 is 5.89. The van der Waals surface area contributed by atoms with Gasteiger partial charge < -0.3 is 19.7 Å². The Hall–Kier alpha value is -3.39. The van der Waals surface area contributed by atoms with Gasteiger partial charge in [0.1, 0.15) is 24.1 Å². The molecule has 1 fully saturated rings. The first kappa shape index (κ1) is 22.8. The molecule has 2 aromatic carbocycles. The number of amides is 1. The monoisotopic (exact) mass is 470 g/mol. The van der Waals surface area contributed by atoms with Gasteiger partial charge in [-0.25, -0.2) is 14.4 Å². The third-order valence-corrected chi connectivity index (χ3v) is 5.91. The van der Waals surface area contributed by atoms with Crippen LogP contribution in [0.1, 0.15) is 18.4 Å². The minimum absolute atomic E-state index is 0.0631. The summed E-state index contributed by atoms with van der Waals surface area (Å²) in [4.78, 5) is 22.2. The standard InChI is InChI=1S/C24H24ClFN4O3/c1-3-22(31)30-9-7-16(8-10-30)33-21-11-17-19(12-20(21)32-2)28-14-29-24(17)27-13-15-5-4-6-18(25)23(15)26/h3-6,11-12,14,16H,1,7-10,13H2,2H3,(H,27,28,29). The number of hydrogen-bond donors (Lipinski definition) is 1. The highest BCUT2D eigenvalue weighted by atomic mass is 35.5. The number of nitrogens with zero attached hydrogens (tertiary/aromatic N) is 3. The number of aromatic nitrogens is 2. The van der Waals surface area contributed by atoms with Crippen molar-refractivity contribution in [1.29, 1.82) is 0 Å². The molecule has 1 aliphatic rings. The van der Waals surface area contributed by atoms with Crippen LogP contribution >= 0.6 is 11.6 Å². The Labute approximate surface area is 196 Å². The van der Waals surface area contributed by atoms with E-state index in [0.717, 1.165) is 5.39 Å². The number of benzene rings is 2. The topological polar surface area (TPSA) is 76.6 Å². The molecule has 1 N–H and O–H groups in total. The number of piperidine rings is 1. The Bertz CT molecular complexity index is 1180. The van der Waals surface area contributed by atoms with Crippen LogP contribution in [0.3, 0.4) is 0 Å². The molecular weight excluding hydrogens is 447 g/mol. The van der Waals surface area contributed by atoms with E-state index in [4.69, 9.17) is 21.1 Å². The molecule has 0 saturated carbocycles. The van der Waals surface area contributed by atoms with Crippen molar-refractivity contribution in [2.45, 2.75) is 25.5 Å². The molecule has 3 aromatic rings. The van der Waals surface area contributed by atoms with Crippen LogP contribution in [-0.4, -0.2) is 47.1 Å². The molecular formula is C24H24ClFN4O3. The van der Waals surface area contributed by atoms with E-state index in [0.29, 0.717) is 54.3 Å². The molecule has 7 nitrogen and oxygen atoms in total. The largest absolute Gasteiger partial charge is 0.493 e. The third kappa shape index (κ3) is 5.01. The number of carbonyl (C=O) groups excluding carboxylic acids is 1. The van der Waals surface area contributed by atoms with Crippen LogP contribution in [0.5, 0.6) is 11.5 Å². The molecule has 0 bridgehead atoms. The van der Waals surface area contributed by atoms with Crippen LogP contribution in [0.15, 0.2) is 49.3 Å². The van der Waals surface area contributed by atoms with Crippen molar-refractivity contribution in [3.05, 3.63) is 65.7 Å². The summed E-state index contributed by atoms with van der Waals surface area (Å²) < 4.78 is 26.0. The van der Waals surface area contributed by atoms with E-state index in [-0.39, 0.29) is 23.6 Å². The van der Waals surface area contributed by atoms with Gasteiger partial charge >= 0.3 is 0 Å². The molecule has 2 heterocycles. The second-order valence-corrected chi connectivity index (χ2v) is 8.06. The number of anilines is 1. The molecule has 1 aliphatic heterocycles. The van der Waals surface area contributed by atoms with Gasteiger partial charge in [0.15, 0.2) is 11.5 Å². The molecule has 9 heteroatoms. The Morgan fingerprint density at radius 1 is 1.30 bits per heavy atom. The number of fused-ring (bicyclic) bond motifs is 1. The van der Waals surface area contributed by atoms with Crippen molar-refractivity contribution in [1.82, 2.24) is 14.9 Å². The lowest BCUT2D eigenvalue weighted by Crippen LogP contribution is -2.41. The number of likely N-dealkylation sites (tertiary alicyclic amines) is 1. The number of ether oxygens (including phenoxy) is 2. The van der Waals surface area contributed by atoms with E-state index >= 15 is 0 Å². The molecule has 1 aromatic heterocycles. The first-order valence-electron chi connectivity index (χ1n) is 10.6. The van der Waals surface area contributed by atoms with Crippen LogP contribution < -0.4 is 14.8 Å². The van der Waals surface area contributed by atoms with E-state index in [9.17, 15) is 9.18 Å². The van der Waals surface area contributed by atoms with Crippen LogP contribution in [0.2, 0.25) is 5.02 Å². The summed E-state index contributed by atoms with van der Waals surface area (Å²) in [6, 6.07) is 8.48. The fraction of sp³-hybridized carbons (Fsp3) is 0.292. The van der Waals surface area contributed by atoms with Gasteiger partial charge in [0.25, 0.3) is 0 Å². The Balaban J connectivity index is 1.55. The fourth-order valence-electron chi connectivity index (χ4n) is 3.82. The number of methoxy groups -OCH3 is 1. The fourth-order valence-corrected chi connectivity index (χ4v) is 4.02. The highest BCUT2D eigenvalue weighted by Gasteiger charge is 2.24. The smallest absolute Gasteiger partial charge is 0.245 e. The third-order valence-electron chi connectivity index (χ3n) is 5.62. The minimum atomic E-state index is -0.461. The number of carbonyl (C=O) groups is 1. The summed E-state index contributed by atoms with van der Waals surface area (Å²) in [6.45, 7) is 4.95. The average Bonchev–Trinajstić information content (AvgIpc) is 2.84. The van der Waals surface area contributed by atoms with Gasteiger partial charge in [0.2, 0.25) is 5.91 Å². The average molecular weight is 471 g/mol. The lowest BCUT2D eigenvalue weighted by Gasteiger charge is -2.31. The minimum Gasteiger partial charge on any atom is -0.493 e. The Morgan fingerprint density at radius 2 is 2.09 bits per heavy atom. The quantitative estimate of drug-likeness (QED) is 0.508.